The van der Waals surface area contributed by atoms with Crippen molar-refractivity contribution in [2.45, 2.75) is 32.7 Å². The van der Waals surface area contributed by atoms with Gasteiger partial charge in [0.1, 0.15) is 4.53 Å². The van der Waals surface area contributed by atoms with Gasteiger partial charge in [0.05, 0.1) is 28.6 Å². The average Bonchev–Trinajstić information content (AvgIpc) is 3.40. The van der Waals surface area contributed by atoms with Crippen LogP contribution in [0.4, 0.5) is 11.4 Å². The molecule has 0 saturated heterocycles. The summed E-state index contributed by atoms with van der Waals surface area (Å²) >= 11 is 1.19. The van der Waals surface area contributed by atoms with E-state index in [9.17, 15) is 14.4 Å². The first-order valence-corrected chi connectivity index (χ1v) is 14.0. The number of likely N-dealkylation sites (N-methyl/N-ethyl adjacent to an activating group) is 1. The zero-order valence-electron chi connectivity index (χ0n) is 22.6. The Morgan fingerprint density at radius 1 is 0.950 bits per heavy atom. The molecule has 1 aromatic heterocycles. The molecule has 0 spiro atoms. The minimum atomic E-state index is -0.708. The number of thiazole rings is 1. The number of benzene rings is 3. The van der Waals surface area contributed by atoms with Crippen molar-refractivity contribution in [1.82, 2.24) is 4.57 Å². The number of para-hydroxylation sites is 2. The van der Waals surface area contributed by atoms with Gasteiger partial charge in [-0.2, -0.15) is 0 Å². The van der Waals surface area contributed by atoms with Crippen LogP contribution in [0.15, 0.2) is 99.9 Å². The zero-order valence-corrected chi connectivity index (χ0v) is 23.5. The third-order valence-electron chi connectivity index (χ3n) is 7.47. The molecule has 2 aliphatic rings. The summed E-state index contributed by atoms with van der Waals surface area (Å²) in [4.78, 5) is 48.1. The van der Waals surface area contributed by atoms with Crippen molar-refractivity contribution in [1.29, 1.82) is 0 Å². The quantitative estimate of drug-likeness (QED) is 0.412. The van der Waals surface area contributed by atoms with Gasteiger partial charge in [0.25, 0.3) is 17.4 Å². The molecule has 4 aromatic rings. The maximum Gasteiger partial charge on any atom is 0.271 e. The molecule has 1 N–H and O–H groups in total. The van der Waals surface area contributed by atoms with E-state index in [0.29, 0.717) is 37.8 Å². The van der Waals surface area contributed by atoms with Gasteiger partial charge in [0.15, 0.2) is 4.80 Å². The Labute approximate surface area is 235 Å². The molecule has 7 nitrogen and oxygen atoms in total. The third-order valence-corrected chi connectivity index (χ3v) is 8.53. The van der Waals surface area contributed by atoms with Crippen LogP contribution in [0.3, 0.4) is 0 Å². The molecular weight excluding hydrogens is 520 g/mol. The monoisotopic (exact) mass is 548 g/mol. The number of carbonyl (C=O) groups excluding carboxylic acids is 2. The number of allylic oxidation sites excluding steroid dienone is 1. The fraction of sp³-hybridized carbons (Fsp3) is 0.188. The van der Waals surface area contributed by atoms with Crippen LogP contribution in [0.2, 0.25) is 0 Å². The molecule has 0 saturated carbocycles. The van der Waals surface area contributed by atoms with Gasteiger partial charge in [0.2, 0.25) is 0 Å². The van der Waals surface area contributed by atoms with Crippen molar-refractivity contribution in [3.05, 3.63) is 127 Å². The number of amides is 2. The maximum absolute atomic E-state index is 14.2. The predicted octanol–water partition coefficient (Wildman–Crippen LogP) is 4.34. The first-order valence-electron chi connectivity index (χ1n) is 13.1. The van der Waals surface area contributed by atoms with Gasteiger partial charge >= 0.3 is 0 Å². The van der Waals surface area contributed by atoms with Crippen LogP contribution < -0.4 is 25.1 Å². The summed E-state index contributed by atoms with van der Waals surface area (Å²) in [7, 11) is 1.71. The molecule has 0 aliphatic carbocycles. The van der Waals surface area contributed by atoms with E-state index in [1.54, 1.807) is 23.4 Å². The van der Waals surface area contributed by atoms with Crippen molar-refractivity contribution in [2.24, 2.45) is 4.99 Å². The summed E-state index contributed by atoms with van der Waals surface area (Å²) in [5, 5.41) is 2.97. The standard InChI is InChI=1S/C32H28N4O3S/c1-18(2)20-14-16-21(17-15-20)27-25(29(37)34-22-10-6-5-7-11-22)19(3)33-32-36(27)31(39)28(40-32)26-23-12-8-9-13-24(23)35(4)30(26)38/h5-18,27H,1-4H3,(H,34,37)/b28-26-/t27-/m0/s1. The van der Waals surface area contributed by atoms with Crippen molar-refractivity contribution < 1.29 is 9.59 Å². The van der Waals surface area contributed by atoms with Crippen LogP contribution in [0.1, 0.15) is 49.4 Å². The molecule has 0 bridgehead atoms. The van der Waals surface area contributed by atoms with Crippen LogP contribution in [-0.4, -0.2) is 23.4 Å². The van der Waals surface area contributed by atoms with Gasteiger partial charge in [-0.15, -0.1) is 0 Å². The van der Waals surface area contributed by atoms with Gasteiger partial charge in [0, 0.05) is 18.3 Å². The van der Waals surface area contributed by atoms with Crippen LogP contribution >= 0.6 is 11.3 Å². The van der Waals surface area contributed by atoms with E-state index in [1.807, 2.05) is 78.9 Å². The predicted molar refractivity (Wildman–Crippen MR) is 158 cm³/mol. The van der Waals surface area contributed by atoms with Crippen molar-refractivity contribution in [2.75, 3.05) is 17.3 Å². The molecule has 1 atom stereocenters. The topological polar surface area (TPSA) is 83.8 Å². The number of nitrogens with zero attached hydrogens (tertiary/aromatic N) is 3. The molecule has 6 rings (SSSR count). The lowest BCUT2D eigenvalue weighted by Gasteiger charge is -2.25. The van der Waals surface area contributed by atoms with Crippen molar-refractivity contribution in [3.63, 3.8) is 0 Å². The average molecular weight is 549 g/mol. The Kier molecular flexibility index (Phi) is 6.35. The number of aromatic nitrogens is 1. The van der Waals surface area contributed by atoms with E-state index >= 15 is 0 Å². The first kappa shape index (κ1) is 25.7. The zero-order chi connectivity index (χ0) is 28.1. The number of hydrogen-bond donors (Lipinski definition) is 1. The Bertz CT molecular complexity index is 1880. The minimum absolute atomic E-state index is 0.234. The Morgan fingerprint density at radius 3 is 2.33 bits per heavy atom. The van der Waals surface area contributed by atoms with E-state index < -0.39 is 6.04 Å². The molecule has 40 heavy (non-hydrogen) atoms. The lowest BCUT2D eigenvalue weighted by molar-refractivity contribution is -0.113. The molecule has 3 aromatic carbocycles. The number of rotatable bonds is 4. The van der Waals surface area contributed by atoms with Gasteiger partial charge in [-0.3, -0.25) is 19.0 Å². The van der Waals surface area contributed by atoms with E-state index in [0.717, 1.165) is 22.4 Å². The highest BCUT2D eigenvalue weighted by Crippen LogP contribution is 2.35. The normalized spacial score (nSPS) is 17.6. The van der Waals surface area contributed by atoms with Gasteiger partial charge < -0.3 is 10.2 Å². The van der Waals surface area contributed by atoms with E-state index in [2.05, 4.69) is 19.2 Å². The Morgan fingerprint density at radius 2 is 1.62 bits per heavy atom. The van der Waals surface area contributed by atoms with Gasteiger partial charge in [-0.1, -0.05) is 85.8 Å². The van der Waals surface area contributed by atoms with Crippen LogP contribution in [-0.2, 0) is 9.59 Å². The highest BCUT2D eigenvalue weighted by Gasteiger charge is 2.36. The summed E-state index contributed by atoms with van der Waals surface area (Å²) in [5.74, 6) is -0.228. The SMILES string of the molecule is CC1=C(C(=O)Nc2ccccc2)[C@H](c2ccc(C(C)C)cc2)n2c(s/c(=C3\C(=O)N(C)c4ccccc43)c2=O)=N1. The summed E-state index contributed by atoms with van der Waals surface area (Å²) in [6, 6.07) is 24.0. The summed E-state index contributed by atoms with van der Waals surface area (Å²) in [5.41, 5.74) is 5.02. The molecule has 0 radical (unpaired) electrons. The maximum atomic E-state index is 14.2. The highest BCUT2D eigenvalue weighted by atomic mass is 32.1. The smallest absolute Gasteiger partial charge is 0.271 e. The minimum Gasteiger partial charge on any atom is -0.322 e. The second kappa shape index (κ2) is 9.88. The number of anilines is 2. The molecule has 3 heterocycles. The lowest BCUT2D eigenvalue weighted by Crippen LogP contribution is -2.41. The van der Waals surface area contributed by atoms with Crippen LogP contribution in [0.25, 0.3) is 5.57 Å². The summed E-state index contributed by atoms with van der Waals surface area (Å²) in [6.07, 6.45) is 0. The largest absolute Gasteiger partial charge is 0.322 e. The van der Waals surface area contributed by atoms with Crippen molar-refractivity contribution >= 4 is 40.1 Å². The fourth-order valence-electron chi connectivity index (χ4n) is 5.35. The second-order valence-corrected chi connectivity index (χ2v) is 11.3. The van der Waals surface area contributed by atoms with Gasteiger partial charge in [-0.05, 0) is 42.2 Å². The highest BCUT2D eigenvalue weighted by molar-refractivity contribution is 7.07. The van der Waals surface area contributed by atoms with Crippen LogP contribution in [0, 0.1) is 0 Å². The number of carbonyl (C=O) groups is 2. The molecular formula is C32H28N4O3S. The number of hydrogen-bond acceptors (Lipinski definition) is 5. The van der Waals surface area contributed by atoms with Gasteiger partial charge in [-0.25, -0.2) is 4.99 Å². The number of fused-ring (bicyclic) bond motifs is 2. The number of nitrogens with one attached hydrogen (secondary N) is 1. The van der Waals surface area contributed by atoms with Crippen LogP contribution in [0.5, 0.6) is 0 Å². The van der Waals surface area contributed by atoms with E-state index in [1.165, 1.54) is 11.3 Å². The Balaban J connectivity index is 1.58. The molecule has 2 aliphatic heterocycles. The second-order valence-electron chi connectivity index (χ2n) is 10.3. The Hall–Kier alpha value is -4.56. The summed E-state index contributed by atoms with van der Waals surface area (Å²) in [6.45, 7) is 6.03. The molecule has 2 amide bonds. The fourth-order valence-corrected chi connectivity index (χ4v) is 6.49. The molecule has 0 fully saturated rings. The van der Waals surface area contributed by atoms with E-state index in [4.69, 9.17) is 4.99 Å². The molecule has 0 unspecified atom stereocenters. The molecule has 8 heteroatoms. The van der Waals surface area contributed by atoms with Crippen molar-refractivity contribution in [3.8, 4) is 0 Å². The first-order chi connectivity index (χ1) is 19.3. The van der Waals surface area contributed by atoms with E-state index in [-0.39, 0.29) is 17.4 Å². The molecule has 200 valence electrons. The lowest BCUT2D eigenvalue weighted by atomic mass is 9.93. The third kappa shape index (κ3) is 4.12. The summed E-state index contributed by atoms with van der Waals surface area (Å²) < 4.78 is 1.89.